The van der Waals surface area contributed by atoms with Gasteiger partial charge in [-0.05, 0) is 73.9 Å². The number of amides is 1. The fourth-order valence-electron chi connectivity index (χ4n) is 3.55. The van der Waals surface area contributed by atoms with Crippen molar-refractivity contribution >= 4 is 54.0 Å². The number of sulfone groups is 1. The maximum absolute atomic E-state index is 13.3. The highest BCUT2D eigenvalue weighted by Gasteiger charge is 2.23. The minimum absolute atomic E-state index is 0.0770. The van der Waals surface area contributed by atoms with Gasteiger partial charge >= 0.3 is 0 Å². The number of fused-ring (bicyclic) bond motifs is 1. The number of carbonyl (C=O) groups is 1. The maximum atomic E-state index is 13.3. The predicted octanol–water partition coefficient (Wildman–Crippen LogP) is 5.75. The molecule has 0 radical (unpaired) electrons. The number of rotatable bonds is 8. The van der Waals surface area contributed by atoms with Gasteiger partial charge in [0, 0.05) is 17.6 Å². The Morgan fingerprint density at radius 2 is 1.82 bits per heavy atom. The molecule has 2 aromatic heterocycles. The first-order valence-corrected chi connectivity index (χ1v) is 13.6. The van der Waals surface area contributed by atoms with E-state index in [9.17, 15) is 13.2 Å². The van der Waals surface area contributed by atoms with E-state index in [4.69, 9.17) is 16.6 Å². The molecular weight excluding hydrogens is 490 g/mol. The summed E-state index contributed by atoms with van der Waals surface area (Å²) in [6.45, 7) is 4.32. The SMILES string of the molecule is Cc1ccc2sc(N(Cc3ccccn3)C(=O)CCCS(=O)(=O)c3ccc(Cl)cc3)nc2c1C. The lowest BCUT2D eigenvalue weighted by Crippen LogP contribution is -2.30. The molecule has 0 saturated carbocycles. The van der Waals surface area contributed by atoms with Crippen LogP contribution in [0.4, 0.5) is 5.13 Å². The van der Waals surface area contributed by atoms with E-state index in [1.807, 2.05) is 44.2 Å². The van der Waals surface area contributed by atoms with Crippen LogP contribution in [0, 0.1) is 13.8 Å². The van der Waals surface area contributed by atoms with Crippen LogP contribution in [0.1, 0.15) is 29.7 Å². The van der Waals surface area contributed by atoms with Crippen LogP contribution in [0.25, 0.3) is 10.2 Å². The van der Waals surface area contributed by atoms with Gasteiger partial charge in [0.15, 0.2) is 15.0 Å². The number of aryl methyl sites for hydroxylation is 2. The van der Waals surface area contributed by atoms with E-state index in [0.29, 0.717) is 10.2 Å². The van der Waals surface area contributed by atoms with Gasteiger partial charge in [-0.1, -0.05) is 35.1 Å². The van der Waals surface area contributed by atoms with Gasteiger partial charge < -0.3 is 0 Å². The van der Waals surface area contributed by atoms with Gasteiger partial charge in [-0.25, -0.2) is 13.4 Å². The summed E-state index contributed by atoms with van der Waals surface area (Å²) in [4.78, 5) is 24.2. The van der Waals surface area contributed by atoms with Crippen molar-refractivity contribution in [2.24, 2.45) is 0 Å². The summed E-state index contributed by atoms with van der Waals surface area (Å²) in [7, 11) is -3.51. The summed E-state index contributed by atoms with van der Waals surface area (Å²) in [6, 6.07) is 15.7. The summed E-state index contributed by atoms with van der Waals surface area (Å²) >= 11 is 7.31. The van der Waals surface area contributed by atoms with Crippen LogP contribution in [0.3, 0.4) is 0 Å². The summed E-state index contributed by atoms with van der Waals surface area (Å²) in [5, 5.41) is 1.06. The smallest absolute Gasteiger partial charge is 0.229 e. The van der Waals surface area contributed by atoms with Crippen molar-refractivity contribution in [2.75, 3.05) is 10.7 Å². The first-order valence-electron chi connectivity index (χ1n) is 10.8. The Balaban J connectivity index is 1.55. The van der Waals surface area contributed by atoms with Crippen molar-refractivity contribution in [1.82, 2.24) is 9.97 Å². The predicted molar refractivity (Wildman–Crippen MR) is 137 cm³/mol. The number of nitrogens with zero attached hydrogens (tertiary/aromatic N) is 3. The zero-order chi connectivity index (χ0) is 24.3. The molecule has 4 rings (SSSR count). The first kappa shape index (κ1) is 24.3. The van der Waals surface area contributed by atoms with Crippen molar-refractivity contribution in [1.29, 1.82) is 0 Å². The topological polar surface area (TPSA) is 80.2 Å². The zero-order valence-corrected chi connectivity index (χ0v) is 21.3. The van der Waals surface area contributed by atoms with Crippen molar-refractivity contribution in [3.8, 4) is 0 Å². The molecule has 2 heterocycles. The number of benzene rings is 2. The third kappa shape index (κ3) is 5.46. The molecule has 0 aliphatic heterocycles. The van der Waals surface area contributed by atoms with E-state index in [0.717, 1.165) is 27.0 Å². The Morgan fingerprint density at radius 1 is 1.06 bits per heavy atom. The molecule has 0 fully saturated rings. The van der Waals surface area contributed by atoms with Crippen LogP contribution in [-0.2, 0) is 21.2 Å². The molecule has 0 aliphatic carbocycles. The molecule has 176 valence electrons. The minimum atomic E-state index is -3.51. The number of halogens is 1. The van der Waals surface area contributed by atoms with E-state index < -0.39 is 9.84 Å². The van der Waals surface area contributed by atoms with Crippen LogP contribution in [0.2, 0.25) is 5.02 Å². The van der Waals surface area contributed by atoms with Gasteiger partial charge in [-0.3, -0.25) is 14.7 Å². The molecular formula is C25H24ClN3O3S2. The van der Waals surface area contributed by atoms with Gasteiger partial charge in [-0.2, -0.15) is 0 Å². The highest BCUT2D eigenvalue weighted by molar-refractivity contribution is 7.91. The van der Waals surface area contributed by atoms with Crippen molar-refractivity contribution in [2.45, 2.75) is 38.1 Å². The fourth-order valence-corrected chi connectivity index (χ4v) is 6.03. The molecule has 0 unspecified atom stereocenters. The Morgan fingerprint density at radius 3 is 2.53 bits per heavy atom. The molecule has 34 heavy (non-hydrogen) atoms. The summed E-state index contributed by atoms with van der Waals surface area (Å²) < 4.78 is 26.3. The minimum Gasteiger partial charge on any atom is -0.282 e. The van der Waals surface area contributed by atoms with Crippen molar-refractivity contribution in [3.63, 3.8) is 0 Å². The number of carbonyl (C=O) groups excluding carboxylic acids is 1. The van der Waals surface area contributed by atoms with Gasteiger partial charge in [0.05, 0.1) is 33.1 Å². The molecule has 9 heteroatoms. The highest BCUT2D eigenvalue weighted by Crippen LogP contribution is 2.33. The van der Waals surface area contributed by atoms with E-state index in [-0.39, 0.29) is 35.9 Å². The number of thiazole rings is 1. The molecule has 4 aromatic rings. The van der Waals surface area contributed by atoms with Crippen LogP contribution in [0.5, 0.6) is 0 Å². The van der Waals surface area contributed by atoms with E-state index in [2.05, 4.69) is 4.98 Å². The quantitative estimate of drug-likeness (QED) is 0.300. The van der Waals surface area contributed by atoms with Crippen molar-refractivity contribution in [3.05, 3.63) is 82.6 Å². The Kier molecular flexibility index (Phi) is 7.30. The Labute approximate surface area is 208 Å². The third-order valence-corrected chi connectivity index (χ3v) is 8.74. The summed E-state index contributed by atoms with van der Waals surface area (Å²) in [6.07, 6.45) is 1.96. The van der Waals surface area contributed by atoms with E-state index in [1.54, 1.807) is 23.2 Å². The second kappa shape index (κ2) is 10.2. The average molecular weight is 514 g/mol. The van der Waals surface area contributed by atoms with Crippen LogP contribution >= 0.6 is 22.9 Å². The van der Waals surface area contributed by atoms with Gasteiger partial charge in [-0.15, -0.1) is 0 Å². The zero-order valence-electron chi connectivity index (χ0n) is 18.9. The molecule has 0 aliphatic rings. The van der Waals surface area contributed by atoms with Crippen LogP contribution in [0.15, 0.2) is 65.7 Å². The lowest BCUT2D eigenvalue weighted by molar-refractivity contribution is -0.118. The fraction of sp³-hybridized carbons (Fsp3) is 0.240. The lowest BCUT2D eigenvalue weighted by Gasteiger charge is -2.19. The highest BCUT2D eigenvalue weighted by atomic mass is 35.5. The molecule has 0 atom stereocenters. The molecule has 2 aromatic carbocycles. The second-order valence-corrected chi connectivity index (χ2v) is 11.6. The number of anilines is 1. The lowest BCUT2D eigenvalue weighted by atomic mass is 10.1. The Bertz CT molecular complexity index is 1420. The monoisotopic (exact) mass is 513 g/mol. The van der Waals surface area contributed by atoms with Gasteiger partial charge in [0.2, 0.25) is 5.91 Å². The number of aromatic nitrogens is 2. The summed E-state index contributed by atoms with van der Waals surface area (Å²) in [5.74, 6) is -0.318. The Hall–Kier alpha value is -2.81. The van der Waals surface area contributed by atoms with Crippen LogP contribution < -0.4 is 4.90 Å². The molecule has 0 spiro atoms. The average Bonchev–Trinajstić information content (AvgIpc) is 3.25. The third-order valence-electron chi connectivity index (χ3n) is 5.63. The standard InChI is InChI=1S/C25H24ClN3O3S2/c1-17-8-13-22-24(18(17)2)28-25(33-22)29(16-20-6-3-4-14-27-20)23(30)7-5-15-34(31,32)21-11-9-19(26)10-12-21/h3-4,6,8-14H,5,7,15-16H2,1-2H3. The summed E-state index contributed by atoms with van der Waals surface area (Å²) in [5.41, 5.74) is 3.83. The second-order valence-electron chi connectivity index (χ2n) is 8.03. The normalized spacial score (nSPS) is 11.6. The largest absolute Gasteiger partial charge is 0.282 e. The van der Waals surface area contributed by atoms with Gasteiger partial charge in [0.25, 0.3) is 0 Å². The van der Waals surface area contributed by atoms with E-state index >= 15 is 0 Å². The molecule has 0 N–H and O–H groups in total. The maximum Gasteiger partial charge on any atom is 0.229 e. The van der Waals surface area contributed by atoms with Crippen LogP contribution in [-0.4, -0.2) is 30.0 Å². The molecule has 0 bridgehead atoms. The number of hydrogen-bond acceptors (Lipinski definition) is 6. The first-order chi connectivity index (χ1) is 16.2. The molecule has 1 amide bonds. The number of pyridine rings is 1. The van der Waals surface area contributed by atoms with Crippen molar-refractivity contribution < 1.29 is 13.2 Å². The molecule has 6 nitrogen and oxygen atoms in total. The number of hydrogen-bond donors (Lipinski definition) is 0. The van der Waals surface area contributed by atoms with E-state index in [1.165, 1.54) is 23.5 Å². The van der Waals surface area contributed by atoms with Gasteiger partial charge in [0.1, 0.15) is 0 Å². The molecule has 0 saturated heterocycles.